The molecule has 4 unspecified atom stereocenters. The van der Waals surface area contributed by atoms with Crippen LogP contribution in [0.3, 0.4) is 0 Å². The minimum atomic E-state index is -0.285. The van der Waals surface area contributed by atoms with E-state index in [0.717, 1.165) is 45.2 Å². The van der Waals surface area contributed by atoms with Gasteiger partial charge in [0.05, 0.1) is 5.54 Å². The molecule has 0 amide bonds. The molecule has 3 rings (SSSR count). The van der Waals surface area contributed by atoms with Crippen LogP contribution in [0.1, 0.15) is 142 Å². The molecule has 4 heteroatoms. The molecule has 6 N–H and O–H groups in total. The van der Waals surface area contributed by atoms with Crippen LogP contribution in [0.25, 0.3) is 0 Å². The Bertz CT molecular complexity index is 725. The molecule has 0 radical (unpaired) electrons. The van der Waals surface area contributed by atoms with Gasteiger partial charge in [-0.3, -0.25) is 4.90 Å². The second kappa shape index (κ2) is 18.5. The van der Waals surface area contributed by atoms with Gasteiger partial charge in [0.2, 0.25) is 0 Å². The van der Waals surface area contributed by atoms with Crippen molar-refractivity contribution in [2.75, 3.05) is 13.1 Å². The molecule has 4 nitrogen and oxygen atoms in total. The summed E-state index contributed by atoms with van der Waals surface area (Å²) in [4.78, 5) is 2.81. The smallest absolute Gasteiger partial charge is 0.0545 e. The first-order valence-electron chi connectivity index (χ1n) is 17.0. The molecule has 0 bridgehead atoms. The maximum absolute atomic E-state index is 7.62. The van der Waals surface area contributed by atoms with Gasteiger partial charge >= 0.3 is 0 Å². The van der Waals surface area contributed by atoms with Gasteiger partial charge in [-0.05, 0) is 82.4 Å². The van der Waals surface area contributed by atoms with Gasteiger partial charge in [0.25, 0.3) is 0 Å². The van der Waals surface area contributed by atoms with Crippen molar-refractivity contribution in [1.29, 1.82) is 0 Å². The molecule has 0 spiro atoms. The van der Waals surface area contributed by atoms with Gasteiger partial charge in [-0.2, -0.15) is 0 Å². The van der Waals surface area contributed by atoms with Crippen LogP contribution in [-0.2, 0) is 6.42 Å². The van der Waals surface area contributed by atoms with E-state index in [1.54, 1.807) is 0 Å². The first-order valence-corrected chi connectivity index (χ1v) is 17.0. The summed E-state index contributed by atoms with van der Waals surface area (Å²) < 4.78 is 0. The Labute approximate surface area is 243 Å². The maximum atomic E-state index is 7.62. The first kappa shape index (κ1) is 34.3. The first-order chi connectivity index (χ1) is 18.9. The summed E-state index contributed by atoms with van der Waals surface area (Å²) in [5.41, 5.74) is 21.4. The van der Waals surface area contributed by atoms with Crippen LogP contribution in [0, 0.1) is 5.92 Å². The summed E-state index contributed by atoms with van der Waals surface area (Å²) in [5.74, 6) is 0.698. The van der Waals surface area contributed by atoms with Crippen LogP contribution in [0.15, 0.2) is 30.3 Å². The van der Waals surface area contributed by atoms with Gasteiger partial charge < -0.3 is 17.2 Å². The Morgan fingerprint density at radius 2 is 1.44 bits per heavy atom. The van der Waals surface area contributed by atoms with E-state index >= 15 is 0 Å². The van der Waals surface area contributed by atoms with E-state index in [4.69, 9.17) is 17.2 Å². The highest BCUT2D eigenvalue weighted by Gasteiger charge is 2.57. The molecule has 1 aromatic rings. The van der Waals surface area contributed by atoms with Crippen LogP contribution in [0.4, 0.5) is 0 Å². The van der Waals surface area contributed by atoms with E-state index in [1.807, 2.05) is 0 Å². The number of rotatable bonds is 15. The van der Waals surface area contributed by atoms with Gasteiger partial charge in [0.1, 0.15) is 0 Å². The molecule has 0 heterocycles. The number of nitrogens with two attached hydrogens (primary N) is 3. The molecule has 2 saturated carbocycles. The van der Waals surface area contributed by atoms with Crippen LogP contribution < -0.4 is 17.2 Å². The lowest BCUT2D eigenvalue weighted by Gasteiger charge is -2.61. The Morgan fingerprint density at radius 1 is 0.821 bits per heavy atom. The van der Waals surface area contributed by atoms with Crippen LogP contribution >= 0.6 is 0 Å². The van der Waals surface area contributed by atoms with Crippen molar-refractivity contribution in [1.82, 2.24) is 4.90 Å². The largest absolute Gasteiger partial charge is 0.328 e. The van der Waals surface area contributed by atoms with Gasteiger partial charge in [0, 0.05) is 17.6 Å². The SMILES string of the molecule is CCCCC(CC)CC1(N(CCCC)CCCC)C(N)CCCC1(N)Cc1ccccc1.NC1CCCCC1. The molecule has 226 valence electrons. The van der Waals surface area contributed by atoms with Crippen LogP contribution in [-0.4, -0.2) is 41.2 Å². The molecule has 4 atom stereocenters. The van der Waals surface area contributed by atoms with Crippen molar-refractivity contribution < 1.29 is 0 Å². The lowest BCUT2D eigenvalue weighted by atomic mass is 9.58. The third-order valence-electron chi connectivity index (χ3n) is 9.90. The summed E-state index contributed by atoms with van der Waals surface area (Å²) in [5, 5.41) is 0. The quantitative estimate of drug-likeness (QED) is 0.210. The average Bonchev–Trinajstić information content (AvgIpc) is 2.94. The fourth-order valence-corrected chi connectivity index (χ4v) is 7.42. The standard InChI is InChI=1S/C29H53N3.C6H13N/c1-5-9-16-25(8-4)24-29(32(21-10-6-2)22-11-7-3)27(30)19-15-20-28(29,31)23-26-17-13-12-14-18-26;7-6-4-2-1-3-5-6/h12-14,17-18,25,27H,5-11,15-16,19-24,30-31H2,1-4H3;6H,1-5,7H2. The molecule has 2 aliphatic carbocycles. The Hall–Kier alpha value is -0.940. The summed E-state index contributed by atoms with van der Waals surface area (Å²) in [6, 6.07) is 11.6. The zero-order chi connectivity index (χ0) is 28.6. The molecule has 0 aliphatic heterocycles. The van der Waals surface area contributed by atoms with Crippen molar-refractivity contribution in [2.24, 2.45) is 23.1 Å². The summed E-state index contributed by atoms with van der Waals surface area (Å²) in [6.07, 6.45) is 22.1. The molecular formula is C35H66N4. The van der Waals surface area contributed by atoms with E-state index in [2.05, 4.69) is 62.9 Å². The van der Waals surface area contributed by atoms with E-state index < -0.39 is 0 Å². The summed E-state index contributed by atoms with van der Waals surface area (Å²) in [6.45, 7) is 11.6. The third-order valence-corrected chi connectivity index (χ3v) is 9.90. The third kappa shape index (κ3) is 10.1. The van der Waals surface area contributed by atoms with E-state index in [-0.39, 0.29) is 17.1 Å². The van der Waals surface area contributed by atoms with Crippen LogP contribution in [0.5, 0.6) is 0 Å². The molecular weight excluding hydrogens is 476 g/mol. The zero-order valence-electron chi connectivity index (χ0n) is 26.4. The monoisotopic (exact) mass is 543 g/mol. The lowest BCUT2D eigenvalue weighted by Crippen LogP contribution is -2.78. The van der Waals surface area contributed by atoms with Crippen molar-refractivity contribution in [2.45, 2.75) is 166 Å². The van der Waals surface area contributed by atoms with Crippen molar-refractivity contribution in [3.8, 4) is 0 Å². The number of nitrogens with zero attached hydrogens (tertiary/aromatic N) is 1. The number of unbranched alkanes of at least 4 members (excludes halogenated alkanes) is 3. The summed E-state index contributed by atoms with van der Waals surface area (Å²) >= 11 is 0. The Balaban J connectivity index is 0.000000658. The van der Waals surface area contributed by atoms with Gasteiger partial charge in [-0.15, -0.1) is 0 Å². The Kier molecular flexibility index (Phi) is 16.2. The lowest BCUT2D eigenvalue weighted by molar-refractivity contribution is -0.0542. The molecule has 1 aromatic carbocycles. The fraction of sp³-hybridized carbons (Fsp3) is 0.829. The van der Waals surface area contributed by atoms with E-state index in [0.29, 0.717) is 12.0 Å². The van der Waals surface area contributed by atoms with Gasteiger partial charge in [-0.25, -0.2) is 0 Å². The topological polar surface area (TPSA) is 81.3 Å². The summed E-state index contributed by atoms with van der Waals surface area (Å²) in [7, 11) is 0. The van der Waals surface area contributed by atoms with Crippen molar-refractivity contribution in [3.63, 3.8) is 0 Å². The Morgan fingerprint density at radius 3 is 1.95 bits per heavy atom. The predicted octanol–water partition coefficient (Wildman–Crippen LogP) is 7.96. The molecule has 39 heavy (non-hydrogen) atoms. The van der Waals surface area contributed by atoms with Gasteiger partial charge in [-0.1, -0.05) is 116 Å². The van der Waals surface area contributed by atoms with E-state index in [9.17, 15) is 0 Å². The molecule has 2 aliphatic rings. The minimum absolute atomic E-state index is 0.125. The highest BCUT2D eigenvalue weighted by Crippen LogP contribution is 2.47. The second-order valence-electron chi connectivity index (χ2n) is 13.0. The highest BCUT2D eigenvalue weighted by atomic mass is 15.3. The fourth-order valence-electron chi connectivity index (χ4n) is 7.42. The second-order valence-corrected chi connectivity index (χ2v) is 13.0. The number of benzene rings is 1. The van der Waals surface area contributed by atoms with E-state index in [1.165, 1.54) is 89.0 Å². The predicted molar refractivity (Wildman–Crippen MR) is 172 cm³/mol. The molecule has 0 aromatic heterocycles. The molecule has 2 fully saturated rings. The maximum Gasteiger partial charge on any atom is 0.0545 e. The molecule has 0 saturated heterocycles. The van der Waals surface area contributed by atoms with Gasteiger partial charge in [0.15, 0.2) is 0 Å². The number of hydrogen-bond acceptors (Lipinski definition) is 4. The zero-order valence-corrected chi connectivity index (χ0v) is 26.4. The highest BCUT2D eigenvalue weighted by molar-refractivity contribution is 5.25. The van der Waals surface area contributed by atoms with Crippen LogP contribution in [0.2, 0.25) is 0 Å². The van der Waals surface area contributed by atoms with Crippen molar-refractivity contribution in [3.05, 3.63) is 35.9 Å². The van der Waals surface area contributed by atoms with Crippen molar-refractivity contribution >= 4 is 0 Å². The average molecular weight is 543 g/mol. The minimum Gasteiger partial charge on any atom is -0.328 e. The normalized spacial score (nSPS) is 26.7. The number of hydrogen-bond donors (Lipinski definition) is 3.